The number of aliphatic hydroxyl groups excluding tert-OH is 1. The molecule has 0 aliphatic heterocycles. The first kappa shape index (κ1) is 14.1. The van der Waals surface area contributed by atoms with Crippen molar-refractivity contribution in [3.05, 3.63) is 5.82 Å². The molecule has 1 N–H and O–H groups in total. The summed E-state index contributed by atoms with van der Waals surface area (Å²) < 4.78 is 5.74. The molecule has 0 aliphatic rings. The van der Waals surface area contributed by atoms with Crippen LogP contribution in [0.2, 0.25) is 0 Å². The molecule has 17 heavy (non-hydrogen) atoms. The number of hydrogen-bond donors (Lipinski definition) is 1. The Morgan fingerprint density at radius 3 is 2.41 bits per heavy atom. The molecule has 0 spiro atoms. The van der Waals surface area contributed by atoms with Crippen LogP contribution in [0.3, 0.4) is 0 Å². The van der Waals surface area contributed by atoms with E-state index in [1.54, 1.807) is 7.05 Å². The number of aliphatic hydroxyl groups is 1. The van der Waals surface area contributed by atoms with Gasteiger partial charge in [-0.2, -0.15) is 4.80 Å². The van der Waals surface area contributed by atoms with Crippen molar-refractivity contribution in [1.82, 2.24) is 20.2 Å². The standard InChI is InChI=1S/C11H22N4O2/c1-5-11(6-2,17-7-3)9(16)8-10-12-14-15(4)13-10/h9,16H,5-8H2,1-4H3. The third kappa shape index (κ3) is 3.23. The summed E-state index contributed by atoms with van der Waals surface area (Å²) in [6, 6.07) is 0. The molecule has 0 bridgehead atoms. The molecular formula is C11H22N4O2. The Balaban J connectivity index is 2.74. The van der Waals surface area contributed by atoms with Crippen LogP contribution in [0, 0.1) is 0 Å². The van der Waals surface area contributed by atoms with E-state index in [9.17, 15) is 5.11 Å². The van der Waals surface area contributed by atoms with Crippen molar-refractivity contribution < 1.29 is 9.84 Å². The second-order valence-electron chi connectivity index (χ2n) is 4.12. The van der Waals surface area contributed by atoms with Crippen molar-refractivity contribution in [2.75, 3.05) is 6.61 Å². The van der Waals surface area contributed by atoms with Crippen LogP contribution in [0.1, 0.15) is 39.4 Å². The molecule has 0 amide bonds. The zero-order chi connectivity index (χ0) is 12.9. The lowest BCUT2D eigenvalue weighted by Gasteiger charge is -2.35. The van der Waals surface area contributed by atoms with Gasteiger partial charge in [-0.15, -0.1) is 10.2 Å². The number of aryl methyl sites for hydroxylation is 1. The van der Waals surface area contributed by atoms with E-state index in [-0.39, 0.29) is 0 Å². The fraction of sp³-hybridized carbons (Fsp3) is 0.909. The van der Waals surface area contributed by atoms with Crippen molar-refractivity contribution in [1.29, 1.82) is 0 Å². The fourth-order valence-electron chi connectivity index (χ4n) is 2.07. The molecule has 6 heteroatoms. The van der Waals surface area contributed by atoms with Crippen molar-refractivity contribution in [3.63, 3.8) is 0 Å². The van der Waals surface area contributed by atoms with Gasteiger partial charge in [0.2, 0.25) is 0 Å². The molecule has 1 atom stereocenters. The lowest BCUT2D eigenvalue weighted by molar-refractivity contribution is -0.125. The third-order valence-electron chi connectivity index (χ3n) is 3.16. The number of rotatable bonds is 7. The summed E-state index contributed by atoms with van der Waals surface area (Å²) in [7, 11) is 1.71. The van der Waals surface area contributed by atoms with E-state index in [0.717, 1.165) is 12.8 Å². The van der Waals surface area contributed by atoms with Gasteiger partial charge >= 0.3 is 0 Å². The summed E-state index contributed by atoms with van der Waals surface area (Å²) in [6.45, 7) is 6.57. The van der Waals surface area contributed by atoms with Gasteiger partial charge in [0.15, 0.2) is 5.82 Å². The predicted octanol–water partition coefficient (Wildman–Crippen LogP) is 0.709. The van der Waals surface area contributed by atoms with E-state index in [4.69, 9.17) is 4.74 Å². The normalized spacial score (nSPS) is 13.9. The van der Waals surface area contributed by atoms with Gasteiger partial charge in [0.05, 0.1) is 18.8 Å². The Morgan fingerprint density at radius 2 is 2.00 bits per heavy atom. The molecule has 6 nitrogen and oxygen atoms in total. The van der Waals surface area contributed by atoms with E-state index in [0.29, 0.717) is 18.9 Å². The highest BCUT2D eigenvalue weighted by Gasteiger charge is 2.36. The Hall–Kier alpha value is -1.01. The van der Waals surface area contributed by atoms with E-state index < -0.39 is 11.7 Å². The van der Waals surface area contributed by atoms with Crippen LogP contribution in [-0.2, 0) is 18.2 Å². The van der Waals surface area contributed by atoms with Gasteiger partial charge in [0.1, 0.15) is 0 Å². The maximum absolute atomic E-state index is 10.3. The number of aromatic nitrogens is 4. The molecule has 0 saturated carbocycles. The lowest BCUT2D eigenvalue weighted by atomic mass is 9.88. The van der Waals surface area contributed by atoms with Gasteiger partial charge < -0.3 is 9.84 Å². The van der Waals surface area contributed by atoms with Gasteiger partial charge in [-0.1, -0.05) is 13.8 Å². The summed E-state index contributed by atoms with van der Waals surface area (Å²) in [6.07, 6.45) is 1.29. The Labute approximate surface area is 102 Å². The van der Waals surface area contributed by atoms with Crippen molar-refractivity contribution in [3.8, 4) is 0 Å². The largest absolute Gasteiger partial charge is 0.390 e. The summed E-state index contributed by atoms with van der Waals surface area (Å²) in [5, 5.41) is 22.0. The number of nitrogens with zero attached hydrogens (tertiary/aromatic N) is 4. The van der Waals surface area contributed by atoms with Gasteiger partial charge in [-0.3, -0.25) is 0 Å². The molecule has 0 saturated heterocycles. The molecule has 0 fully saturated rings. The molecule has 1 aromatic rings. The fourth-order valence-corrected chi connectivity index (χ4v) is 2.07. The summed E-state index contributed by atoms with van der Waals surface area (Å²) >= 11 is 0. The Bertz CT molecular complexity index is 336. The van der Waals surface area contributed by atoms with Gasteiger partial charge in [-0.25, -0.2) is 0 Å². The van der Waals surface area contributed by atoms with E-state index in [1.165, 1.54) is 4.80 Å². The lowest BCUT2D eigenvalue weighted by Crippen LogP contribution is -2.45. The number of hydrogen-bond acceptors (Lipinski definition) is 5. The molecule has 1 heterocycles. The van der Waals surface area contributed by atoms with Crippen LogP contribution in [0.4, 0.5) is 0 Å². The molecule has 98 valence electrons. The molecular weight excluding hydrogens is 220 g/mol. The minimum atomic E-state index is -0.610. The molecule has 1 aromatic heterocycles. The first-order chi connectivity index (χ1) is 8.07. The number of tetrazole rings is 1. The minimum Gasteiger partial charge on any atom is -0.390 e. The molecule has 1 unspecified atom stereocenters. The summed E-state index contributed by atoms with van der Waals surface area (Å²) in [5.74, 6) is 0.547. The highest BCUT2D eigenvalue weighted by atomic mass is 16.5. The average molecular weight is 242 g/mol. The second kappa shape index (κ2) is 6.07. The van der Waals surface area contributed by atoms with Crippen LogP contribution in [0.5, 0.6) is 0 Å². The predicted molar refractivity (Wildman–Crippen MR) is 63.4 cm³/mol. The molecule has 0 radical (unpaired) electrons. The zero-order valence-electron chi connectivity index (χ0n) is 11.1. The molecule has 1 rings (SSSR count). The molecule has 0 aromatic carbocycles. The van der Waals surface area contributed by atoms with Crippen molar-refractivity contribution in [2.45, 2.75) is 51.7 Å². The topological polar surface area (TPSA) is 73.1 Å². The summed E-state index contributed by atoms with van der Waals surface area (Å²) in [4.78, 5) is 1.39. The number of ether oxygens (including phenoxy) is 1. The van der Waals surface area contributed by atoms with E-state index in [1.807, 2.05) is 20.8 Å². The van der Waals surface area contributed by atoms with Crippen LogP contribution in [0.15, 0.2) is 0 Å². The first-order valence-corrected chi connectivity index (χ1v) is 6.12. The first-order valence-electron chi connectivity index (χ1n) is 6.12. The SMILES string of the molecule is CCOC(CC)(CC)C(O)Cc1nnn(C)n1. The van der Waals surface area contributed by atoms with Crippen LogP contribution in [0.25, 0.3) is 0 Å². The quantitative estimate of drug-likeness (QED) is 0.762. The highest BCUT2D eigenvalue weighted by molar-refractivity contribution is 4.93. The zero-order valence-corrected chi connectivity index (χ0v) is 11.1. The highest BCUT2D eigenvalue weighted by Crippen LogP contribution is 2.26. The van der Waals surface area contributed by atoms with Crippen LogP contribution in [-0.4, -0.2) is 43.6 Å². The summed E-state index contributed by atoms with van der Waals surface area (Å²) in [5.41, 5.74) is -0.506. The van der Waals surface area contributed by atoms with Crippen LogP contribution >= 0.6 is 0 Å². The maximum atomic E-state index is 10.3. The van der Waals surface area contributed by atoms with Gasteiger partial charge in [0, 0.05) is 13.0 Å². The minimum absolute atomic E-state index is 0.371. The van der Waals surface area contributed by atoms with Crippen molar-refractivity contribution >= 4 is 0 Å². The monoisotopic (exact) mass is 242 g/mol. The van der Waals surface area contributed by atoms with Crippen LogP contribution < -0.4 is 0 Å². The van der Waals surface area contributed by atoms with Gasteiger partial charge in [-0.05, 0) is 25.0 Å². The second-order valence-corrected chi connectivity index (χ2v) is 4.12. The third-order valence-corrected chi connectivity index (χ3v) is 3.16. The maximum Gasteiger partial charge on any atom is 0.177 e. The smallest absolute Gasteiger partial charge is 0.177 e. The average Bonchev–Trinajstić information content (AvgIpc) is 2.71. The van der Waals surface area contributed by atoms with E-state index in [2.05, 4.69) is 15.4 Å². The Kier molecular flexibility index (Phi) is 5.02. The van der Waals surface area contributed by atoms with Gasteiger partial charge in [0.25, 0.3) is 0 Å². The van der Waals surface area contributed by atoms with Crippen molar-refractivity contribution in [2.24, 2.45) is 7.05 Å². The molecule has 0 aliphatic carbocycles. The Morgan fingerprint density at radius 1 is 1.35 bits per heavy atom. The van der Waals surface area contributed by atoms with E-state index >= 15 is 0 Å².